The number of allylic oxidation sites excluding steroid dienone is 4. The summed E-state index contributed by atoms with van der Waals surface area (Å²) in [5.41, 5.74) is 9.30. The molecule has 4 rings (SSSR count). The van der Waals surface area contributed by atoms with Crippen molar-refractivity contribution < 1.29 is 42.2 Å². The maximum Gasteiger partial charge on any atom is -1.00 e. The number of hydrogen-bond donors (Lipinski definition) is 0. The van der Waals surface area contributed by atoms with Gasteiger partial charge in [0.15, 0.2) is 0 Å². The van der Waals surface area contributed by atoms with Gasteiger partial charge in [-0.05, 0) is 0 Å². The first-order chi connectivity index (χ1) is 14.5. The Labute approximate surface area is 213 Å². The number of benzene rings is 2. The minimum Gasteiger partial charge on any atom is -1.00 e. The van der Waals surface area contributed by atoms with E-state index in [1.165, 1.54) is 36.0 Å². The van der Waals surface area contributed by atoms with Crippen LogP contribution >= 0.6 is 0 Å². The van der Waals surface area contributed by atoms with Gasteiger partial charge in [-0.2, -0.15) is 0 Å². The first-order valence-electron chi connectivity index (χ1n) is 11.8. The van der Waals surface area contributed by atoms with Gasteiger partial charge in [-0.25, -0.2) is 0 Å². The number of halogens is 2. The van der Waals surface area contributed by atoms with Gasteiger partial charge in [0.25, 0.3) is 0 Å². The third-order valence-electron chi connectivity index (χ3n) is 6.97. The molecule has 0 N–H and O–H groups in total. The van der Waals surface area contributed by atoms with E-state index < -0.39 is 17.4 Å². The van der Waals surface area contributed by atoms with Gasteiger partial charge in [0.05, 0.1) is 0 Å². The molecule has 2 aliphatic carbocycles. The fourth-order valence-corrected chi connectivity index (χ4v) is 10.9. The molecule has 0 radical (unpaired) electrons. The second-order valence-corrected chi connectivity index (χ2v) is 13.5. The fraction of sp³-hybridized carbons (Fsp3) is 0.414. The monoisotopic (exact) mass is 502 g/mol. The van der Waals surface area contributed by atoms with Crippen LogP contribution in [0.15, 0.2) is 52.4 Å². The molecular formula is C29H36Cl2Ti. The first-order valence-corrected chi connectivity index (χ1v) is 14.2. The second-order valence-electron chi connectivity index (χ2n) is 9.47. The zero-order chi connectivity index (χ0) is 21.4. The molecule has 170 valence electrons. The Morgan fingerprint density at radius 2 is 1.59 bits per heavy atom. The Bertz CT molecular complexity index is 1060. The summed E-state index contributed by atoms with van der Waals surface area (Å²) in [7, 11) is 0. The molecule has 2 aromatic carbocycles. The van der Waals surface area contributed by atoms with E-state index in [2.05, 4.69) is 90.1 Å². The molecule has 2 aliphatic rings. The van der Waals surface area contributed by atoms with Crippen LogP contribution in [0.1, 0.15) is 94.9 Å². The summed E-state index contributed by atoms with van der Waals surface area (Å²) >= 11 is -1.71. The van der Waals surface area contributed by atoms with Crippen molar-refractivity contribution in [1.29, 1.82) is 0 Å². The van der Waals surface area contributed by atoms with Crippen molar-refractivity contribution in [3.63, 3.8) is 0 Å². The Kier molecular flexibility index (Phi) is 9.80. The van der Waals surface area contributed by atoms with Gasteiger partial charge >= 0.3 is 190 Å². The van der Waals surface area contributed by atoms with Crippen LogP contribution in [-0.2, 0) is 23.8 Å². The summed E-state index contributed by atoms with van der Waals surface area (Å²) in [6, 6.07) is 12.1. The summed E-state index contributed by atoms with van der Waals surface area (Å²) in [6.07, 6.45) is 11.9. The predicted molar refractivity (Wildman–Crippen MR) is 130 cm³/mol. The molecule has 2 aromatic rings. The van der Waals surface area contributed by atoms with Crippen LogP contribution in [0, 0.1) is 0 Å². The average Bonchev–Trinajstić information content (AvgIpc) is 3.38. The van der Waals surface area contributed by atoms with Crippen LogP contribution in [0.5, 0.6) is 0 Å². The maximum atomic E-state index is 2.49. The molecule has 3 heteroatoms. The van der Waals surface area contributed by atoms with Crippen molar-refractivity contribution in [3.8, 4) is 11.1 Å². The molecule has 0 fully saturated rings. The molecule has 0 heterocycles. The maximum absolute atomic E-state index is 2.49. The molecule has 0 amide bonds. The molecule has 0 nitrogen and oxygen atoms in total. The SMILES string of the molecule is CC[C](CC)=[Ti+2]([C]1=CC=CC1)[c]1c(C(C)C)ccc2c1Cc1cc(C(C)C)ccc1-2.[Cl-].[Cl-]. The van der Waals surface area contributed by atoms with Crippen LogP contribution in [0.4, 0.5) is 0 Å². The largest absolute Gasteiger partial charge is 1.00 e. The third kappa shape index (κ3) is 4.95. The zero-order valence-electron chi connectivity index (χ0n) is 20.4. The van der Waals surface area contributed by atoms with E-state index in [1.807, 2.05) is 3.81 Å². The summed E-state index contributed by atoms with van der Waals surface area (Å²) in [4.78, 5) is 0. The van der Waals surface area contributed by atoms with Gasteiger partial charge in [-0.15, -0.1) is 0 Å². The van der Waals surface area contributed by atoms with E-state index in [-0.39, 0.29) is 24.8 Å². The number of rotatable bonds is 6. The predicted octanol–water partition coefficient (Wildman–Crippen LogP) is 1.59. The third-order valence-corrected chi connectivity index (χ3v) is 12.5. The first kappa shape index (κ1) is 27.3. The Balaban J connectivity index is 0.00000181. The summed E-state index contributed by atoms with van der Waals surface area (Å²) in [6.45, 7) is 14.2. The van der Waals surface area contributed by atoms with Crippen LogP contribution in [0.25, 0.3) is 11.1 Å². The fourth-order valence-electron chi connectivity index (χ4n) is 5.25. The molecule has 0 bridgehead atoms. The van der Waals surface area contributed by atoms with Gasteiger partial charge in [-0.3, -0.25) is 0 Å². The van der Waals surface area contributed by atoms with Gasteiger partial charge in [-0.1, -0.05) is 0 Å². The molecule has 0 aliphatic heterocycles. The Morgan fingerprint density at radius 1 is 0.906 bits per heavy atom. The summed E-state index contributed by atoms with van der Waals surface area (Å²) in [5, 5.41) is 0. The topological polar surface area (TPSA) is 0 Å². The molecule has 0 aromatic heterocycles. The minimum atomic E-state index is -1.71. The quantitative estimate of drug-likeness (QED) is 0.449. The van der Waals surface area contributed by atoms with Crippen LogP contribution in [0.3, 0.4) is 0 Å². The second kappa shape index (κ2) is 11.5. The average molecular weight is 503 g/mol. The van der Waals surface area contributed by atoms with E-state index in [4.69, 9.17) is 0 Å². The molecular weight excluding hydrogens is 467 g/mol. The van der Waals surface area contributed by atoms with E-state index in [0.29, 0.717) is 11.8 Å². The Morgan fingerprint density at radius 3 is 2.16 bits per heavy atom. The summed E-state index contributed by atoms with van der Waals surface area (Å²) in [5.74, 6) is 1.16. The van der Waals surface area contributed by atoms with E-state index in [1.54, 1.807) is 24.4 Å². The number of hydrogen-bond acceptors (Lipinski definition) is 0. The van der Waals surface area contributed by atoms with Crippen molar-refractivity contribution in [2.45, 2.75) is 79.1 Å². The van der Waals surface area contributed by atoms with Crippen molar-refractivity contribution >= 4 is 7.68 Å². The van der Waals surface area contributed by atoms with Crippen molar-refractivity contribution in [2.75, 3.05) is 0 Å². The Hall–Kier alpha value is -0.916. The molecule has 0 saturated carbocycles. The van der Waals surface area contributed by atoms with E-state index >= 15 is 0 Å². The van der Waals surface area contributed by atoms with Gasteiger partial charge < -0.3 is 24.8 Å². The van der Waals surface area contributed by atoms with Crippen molar-refractivity contribution in [2.24, 2.45) is 0 Å². The van der Waals surface area contributed by atoms with Crippen molar-refractivity contribution in [1.82, 2.24) is 0 Å². The van der Waals surface area contributed by atoms with Gasteiger partial charge in [0.2, 0.25) is 0 Å². The number of fused-ring (bicyclic) bond motifs is 3. The van der Waals surface area contributed by atoms with Crippen LogP contribution in [0.2, 0.25) is 0 Å². The van der Waals surface area contributed by atoms with Crippen LogP contribution < -0.4 is 28.7 Å². The summed E-state index contributed by atoms with van der Waals surface area (Å²) < 4.78 is 5.39. The molecule has 0 saturated heterocycles. The minimum absolute atomic E-state index is 0. The zero-order valence-corrected chi connectivity index (χ0v) is 23.4. The normalized spacial score (nSPS) is 13.2. The molecule has 0 spiro atoms. The molecule has 0 unspecified atom stereocenters. The van der Waals surface area contributed by atoms with E-state index in [9.17, 15) is 0 Å². The van der Waals surface area contributed by atoms with Gasteiger partial charge in [0.1, 0.15) is 0 Å². The van der Waals surface area contributed by atoms with Crippen molar-refractivity contribution in [3.05, 3.63) is 74.7 Å². The van der Waals surface area contributed by atoms with E-state index in [0.717, 1.165) is 6.42 Å². The molecule has 32 heavy (non-hydrogen) atoms. The molecule has 0 atom stereocenters. The van der Waals surface area contributed by atoms with Crippen LogP contribution in [-0.4, -0.2) is 3.81 Å². The van der Waals surface area contributed by atoms with Gasteiger partial charge in [0, 0.05) is 0 Å². The smallest absolute Gasteiger partial charge is 1.00 e. The standard InChI is InChI=1S/C19H21.C5H5.C5H10.2ClH.Ti/c1-12(2)14-5-7-18-16(9-14)11-17-10-15(13(3)4)6-8-19(17)18;1-2-4-5-3-1;1-3-5-4-2;;;/h5-9,12-13H,11H2,1-4H3;1-3H,4H2;3-4H2,1-2H3;2*1H;/q;;;;;+2/p-2.